The normalized spacial score (nSPS) is 18.0. The van der Waals surface area contributed by atoms with Gasteiger partial charge in [-0.3, -0.25) is 4.68 Å². The molecular weight excluding hydrogens is 307 g/mol. The van der Waals surface area contributed by atoms with Crippen molar-refractivity contribution in [3.8, 4) is 0 Å². The minimum absolute atomic E-state index is 0.0306. The second kappa shape index (κ2) is 5.36. The van der Waals surface area contributed by atoms with E-state index in [1.807, 2.05) is 0 Å². The zero-order chi connectivity index (χ0) is 15.9. The molecule has 0 bridgehead atoms. The topological polar surface area (TPSA) is 58.4 Å². The number of hydrogen-bond donors (Lipinski definition) is 0. The van der Waals surface area contributed by atoms with Crippen molar-refractivity contribution < 1.29 is 12.8 Å². The van der Waals surface area contributed by atoms with Crippen LogP contribution in [0.15, 0.2) is 30.5 Å². The number of halogens is 1. The van der Waals surface area contributed by atoms with E-state index in [1.54, 1.807) is 38.4 Å². The maximum atomic E-state index is 13.9. The Kier molecular flexibility index (Phi) is 3.65. The minimum Gasteiger partial charge on any atom is -0.252 e. The third-order valence-corrected chi connectivity index (χ3v) is 5.65. The SMILES string of the molecule is Cc1ccc(CN2CCN(c3ccnn3C)S2(=O)=O)c(F)c1. The van der Waals surface area contributed by atoms with Gasteiger partial charge in [0.15, 0.2) is 0 Å². The minimum atomic E-state index is -3.66. The van der Waals surface area contributed by atoms with Gasteiger partial charge in [0, 0.05) is 31.8 Å². The van der Waals surface area contributed by atoms with E-state index in [2.05, 4.69) is 5.10 Å². The van der Waals surface area contributed by atoms with E-state index in [9.17, 15) is 12.8 Å². The third-order valence-electron chi connectivity index (χ3n) is 3.76. The summed E-state index contributed by atoms with van der Waals surface area (Å²) in [4.78, 5) is 0. The first-order chi connectivity index (χ1) is 10.4. The highest BCUT2D eigenvalue weighted by molar-refractivity contribution is 7.90. The molecule has 0 radical (unpaired) electrons. The standard InChI is InChI=1S/C14H17FN4O2S/c1-11-3-4-12(13(15)9-11)10-18-7-8-19(22(18,20)21)14-5-6-16-17(14)2/h3-6,9H,7-8,10H2,1-2H3. The van der Waals surface area contributed by atoms with Gasteiger partial charge in [0.25, 0.3) is 0 Å². The van der Waals surface area contributed by atoms with Crippen LogP contribution in [0.1, 0.15) is 11.1 Å². The summed E-state index contributed by atoms with van der Waals surface area (Å²) in [7, 11) is -1.97. The van der Waals surface area contributed by atoms with Crippen molar-refractivity contribution in [2.45, 2.75) is 13.5 Å². The lowest BCUT2D eigenvalue weighted by Crippen LogP contribution is -2.34. The van der Waals surface area contributed by atoms with Gasteiger partial charge in [0.1, 0.15) is 11.6 Å². The van der Waals surface area contributed by atoms with Gasteiger partial charge in [-0.2, -0.15) is 17.8 Å². The molecule has 3 rings (SSSR count). The zero-order valence-electron chi connectivity index (χ0n) is 12.4. The van der Waals surface area contributed by atoms with Crippen LogP contribution in [-0.2, 0) is 23.8 Å². The number of anilines is 1. The molecular formula is C14H17FN4O2S. The molecule has 1 fully saturated rings. The number of rotatable bonds is 3. The first-order valence-corrected chi connectivity index (χ1v) is 8.30. The van der Waals surface area contributed by atoms with Gasteiger partial charge in [-0.25, -0.2) is 8.70 Å². The van der Waals surface area contributed by atoms with Crippen molar-refractivity contribution in [2.75, 3.05) is 17.4 Å². The van der Waals surface area contributed by atoms with Crippen LogP contribution in [0.3, 0.4) is 0 Å². The van der Waals surface area contributed by atoms with Gasteiger partial charge in [-0.05, 0) is 18.6 Å². The summed E-state index contributed by atoms with van der Waals surface area (Å²) in [5, 5.41) is 3.99. The lowest BCUT2D eigenvalue weighted by atomic mass is 10.1. The Hall–Kier alpha value is -1.93. The molecule has 22 heavy (non-hydrogen) atoms. The second-order valence-corrected chi connectivity index (χ2v) is 7.17. The van der Waals surface area contributed by atoms with Crippen LogP contribution in [0, 0.1) is 12.7 Å². The van der Waals surface area contributed by atoms with Crippen LogP contribution in [0.2, 0.25) is 0 Å². The van der Waals surface area contributed by atoms with Gasteiger partial charge in [-0.1, -0.05) is 12.1 Å². The maximum absolute atomic E-state index is 13.9. The van der Waals surface area contributed by atoms with Crippen LogP contribution >= 0.6 is 0 Å². The van der Waals surface area contributed by atoms with Crippen molar-refractivity contribution in [3.63, 3.8) is 0 Å². The van der Waals surface area contributed by atoms with Crippen molar-refractivity contribution in [2.24, 2.45) is 7.05 Å². The Morgan fingerprint density at radius 3 is 2.68 bits per heavy atom. The smallest absolute Gasteiger partial charge is 0.252 e. The van der Waals surface area contributed by atoms with Crippen LogP contribution in [0.25, 0.3) is 0 Å². The monoisotopic (exact) mass is 324 g/mol. The summed E-state index contributed by atoms with van der Waals surface area (Å²) >= 11 is 0. The summed E-state index contributed by atoms with van der Waals surface area (Å²) in [5.74, 6) is 0.126. The van der Waals surface area contributed by atoms with E-state index >= 15 is 0 Å². The van der Waals surface area contributed by atoms with Crippen molar-refractivity contribution in [1.82, 2.24) is 14.1 Å². The second-order valence-electron chi connectivity index (χ2n) is 5.32. The highest BCUT2D eigenvalue weighted by Crippen LogP contribution is 2.26. The number of hydrogen-bond acceptors (Lipinski definition) is 3. The van der Waals surface area contributed by atoms with E-state index in [0.29, 0.717) is 24.5 Å². The summed E-state index contributed by atoms with van der Waals surface area (Å²) < 4.78 is 43.3. The molecule has 0 N–H and O–H groups in total. The molecule has 6 nitrogen and oxygen atoms in total. The molecule has 1 aromatic heterocycles. The zero-order valence-corrected chi connectivity index (χ0v) is 13.2. The number of aromatic nitrogens is 2. The molecule has 1 aliphatic heterocycles. The molecule has 0 saturated carbocycles. The van der Waals surface area contributed by atoms with Crippen LogP contribution in [0.5, 0.6) is 0 Å². The average Bonchev–Trinajstić information content (AvgIpc) is 2.97. The Balaban J connectivity index is 1.86. The number of nitrogens with zero attached hydrogens (tertiary/aromatic N) is 4. The fraction of sp³-hybridized carbons (Fsp3) is 0.357. The predicted octanol–water partition coefficient (Wildman–Crippen LogP) is 1.43. The highest BCUT2D eigenvalue weighted by Gasteiger charge is 2.38. The molecule has 0 amide bonds. The molecule has 1 aliphatic rings. The fourth-order valence-electron chi connectivity index (χ4n) is 2.55. The maximum Gasteiger partial charge on any atom is 0.305 e. The molecule has 0 aliphatic carbocycles. The summed E-state index contributed by atoms with van der Waals surface area (Å²) in [6, 6.07) is 6.47. The molecule has 2 aromatic rings. The van der Waals surface area contributed by atoms with Gasteiger partial charge in [-0.15, -0.1) is 0 Å². The number of aryl methyl sites for hydroxylation is 2. The van der Waals surface area contributed by atoms with E-state index < -0.39 is 10.2 Å². The van der Waals surface area contributed by atoms with E-state index in [0.717, 1.165) is 5.56 Å². The summed E-state index contributed by atoms with van der Waals surface area (Å²) in [6.45, 7) is 2.47. The van der Waals surface area contributed by atoms with Crippen molar-refractivity contribution >= 4 is 16.0 Å². The molecule has 0 spiro atoms. The van der Waals surface area contributed by atoms with Crippen molar-refractivity contribution in [3.05, 3.63) is 47.4 Å². The van der Waals surface area contributed by atoms with Gasteiger partial charge in [0.05, 0.1) is 12.7 Å². The van der Waals surface area contributed by atoms with Crippen LogP contribution in [0.4, 0.5) is 10.2 Å². The molecule has 2 heterocycles. The average molecular weight is 324 g/mol. The molecule has 118 valence electrons. The number of benzene rings is 1. The highest BCUT2D eigenvalue weighted by atomic mass is 32.2. The molecule has 0 atom stereocenters. The van der Waals surface area contributed by atoms with Crippen LogP contribution < -0.4 is 4.31 Å². The first kappa shape index (κ1) is 15.0. The quantitative estimate of drug-likeness (QED) is 0.858. The first-order valence-electron chi connectivity index (χ1n) is 6.90. The molecule has 1 aromatic carbocycles. The third kappa shape index (κ3) is 2.48. The summed E-state index contributed by atoms with van der Waals surface area (Å²) in [6.07, 6.45) is 1.55. The largest absolute Gasteiger partial charge is 0.305 e. The van der Waals surface area contributed by atoms with E-state index in [1.165, 1.54) is 19.4 Å². The Bertz CT molecular complexity index is 803. The van der Waals surface area contributed by atoms with Gasteiger partial charge >= 0.3 is 10.2 Å². The van der Waals surface area contributed by atoms with E-state index in [-0.39, 0.29) is 12.4 Å². The fourth-order valence-corrected chi connectivity index (χ4v) is 4.17. The van der Waals surface area contributed by atoms with Crippen molar-refractivity contribution in [1.29, 1.82) is 0 Å². The van der Waals surface area contributed by atoms with Crippen LogP contribution in [-0.4, -0.2) is 35.6 Å². The Morgan fingerprint density at radius 1 is 1.27 bits per heavy atom. The van der Waals surface area contributed by atoms with E-state index in [4.69, 9.17) is 0 Å². The van der Waals surface area contributed by atoms with Gasteiger partial charge < -0.3 is 0 Å². The molecule has 8 heteroatoms. The molecule has 0 unspecified atom stereocenters. The lowest BCUT2D eigenvalue weighted by molar-refractivity contribution is 0.436. The lowest BCUT2D eigenvalue weighted by Gasteiger charge is -2.20. The predicted molar refractivity (Wildman–Crippen MR) is 81.0 cm³/mol. The Labute approximate surface area is 128 Å². The van der Waals surface area contributed by atoms with Gasteiger partial charge in [0.2, 0.25) is 0 Å². The molecule has 1 saturated heterocycles. The Morgan fingerprint density at radius 2 is 2.05 bits per heavy atom. The summed E-state index contributed by atoms with van der Waals surface area (Å²) in [5.41, 5.74) is 1.18.